The van der Waals surface area contributed by atoms with Crippen LogP contribution in [0, 0.1) is 23.1 Å². The molecule has 2 spiro atoms. The van der Waals surface area contributed by atoms with Crippen LogP contribution >= 0.6 is 0 Å². The highest BCUT2D eigenvalue weighted by atomic mass is 19.1. The Kier molecular flexibility index (Phi) is 2.92. The monoisotopic (exact) mass is 421 g/mol. The van der Waals surface area contributed by atoms with Crippen molar-refractivity contribution in [3.63, 3.8) is 0 Å². The Bertz CT molecular complexity index is 1290. The zero-order valence-corrected chi connectivity index (χ0v) is 16.7. The van der Waals surface area contributed by atoms with Crippen LogP contribution in [0.25, 0.3) is 0 Å². The average molecular weight is 421 g/mol. The van der Waals surface area contributed by atoms with Gasteiger partial charge in [-0.15, -0.1) is 0 Å². The molecule has 1 aromatic heterocycles. The SMILES string of the molecule is O=C1NC2(CCC3C4CC342)n2c1c1c(c(O)c2=O)C(=O)N(Cc2ccc(F)cc2)CC1. The molecule has 7 nitrogen and oxygen atoms in total. The number of amides is 2. The Balaban J connectivity index is 1.34. The van der Waals surface area contributed by atoms with E-state index in [1.807, 2.05) is 0 Å². The van der Waals surface area contributed by atoms with Gasteiger partial charge >= 0.3 is 0 Å². The number of fused-ring (bicyclic) bond motifs is 5. The zero-order valence-electron chi connectivity index (χ0n) is 16.7. The molecule has 4 atom stereocenters. The van der Waals surface area contributed by atoms with Crippen molar-refractivity contribution >= 4 is 11.8 Å². The summed E-state index contributed by atoms with van der Waals surface area (Å²) >= 11 is 0. The predicted molar refractivity (Wildman–Crippen MR) is 106 cm³/mol. The summed E-state index contributed by atoms with van der Waals surface area (Å²) in [5, 5.41) is 14.0. The number of aromatic nitrogens is 1. The van der Waals surface area contributed by atoms with Crippen molar-refractivity contribution in [1.29, 1.82) is 0 Å². The lowest BCUT2D eigenvalue weighted by Crippen LogP contribution is -2.50. The lowest BCUT2D eigenvalue weighted by atomic mass is 9.94. The number of carbonyl (C=O) groups is 2. The van der Waals surface area contributed by atoms with Gasteiger partial charge in [0.05, 0.1) is 5.56 Å². The first-order valence-corrected chi connectivity index (χ1v) is 10.8. The molecule has 1 aromatic carbocycles. The summed E-state index contributed by atoms with van der Waals surface area (Å²) in [5.41, 5.74) is -0.0385. The number of hydrogen-bond acceptors (Lipinski definition) is 4. The first-order valence-electron chi connectivity index (χ1n) is 10.8. The molecule has 5 aliphatic rings. The minimum Gasteiger partial charge on any atom is -0.502 e. The van der Waals surface area contributed by atoms with Crippen molar-refractivity contribution in [1.82, 2.24) is 14.8 Å². The summed E-state index contributed by atoms with van der Waals surface area (Å²) in [6.07, 6.45) is 3.04. The second kappa shape index (κ2) is 5.18. The molecule has 3 fully saturated rings. The summed E-state index contributed by atoms with van der Waals surface area (Å²) in [5.74, 6) is -0.609. The van der Waals surface area contributed by atoms with Crippen molar-refractivity contribution in [3.8, 4) is 5.75 Å². The van der Waals surface area contributed by atoms with Gasteiger partial charge in [-0.1, -0.05) is 12.1 Å². The van der Waals surface area contributed by atoms with Gasteiger partial charge in [-0.2, -0.15) is 0 Å². The smallest absolute Gasteiger partial charge is 0.296 e. The zero-order chi connectivity index (χ0) is 21.3. The van der Waals surface area contributed by atoms with E-state index < -0.39 is 22.9 Å². The maximum Gasteiger partial charge on any atom is 0.296 e. The Hall–Kier alpha value is -3.16. The van der Waals surface area contributed by atoms with Gasteiger partial charge in [0.2, 0.25) is 0 Å². The fraction of sp³-hybridized carbons (Fsp3) is 0.435. The van der Waals surface area contributed by atoms with Gasteiger partial charge in [-0.25, -0.2) is 4.39 Å². The van der Waals surface area contributed by atoms with E-state index in [4.69, 9.17) is 0 Å². The van der Waals surface area contributed by atoms with Crippen molar-refractivity contribution in [3.05, 3.63) is 62.8 Å². The summed E-state index contributed by atoms with van der Waals surface area (Å²) in [6, 6.07) is 5.86. The summed E-state index contributed by atoms with van der Waals surface area (Å²) in [4.78, 5) is 41.2. The third kappa shape index (κ3) is 1.84. The van der Waals surface area contributed by atoms with Gasteiger partial charge in [-0.3, -0.25) is 19.0 Å². The number of carbonyl (C=O) groups excluding carboxylic acids is 2. The Labute approximate surface area is 176 Å². The van der Waals surface area contributed by atoms with Gasteiger partial charge < -0.3 is 15.3 Å². The van der Waals surface area contributed by atoms with Crippen LogP contribution in [0.1, 0.15) is 51.2 Å². The van der Waals surface area contributed by atoms with E-state index in [1.165, 1.54) is 21.6 Å². The molecule has 0 saturated heterocycles. The fourth-order valence-electron chi connectivity index (χ4n) is 6.94. The number of aromatic hydroxyl groups is 1. The molecule has 3 aliphatic carbocycles. The number of benzene rings is 1. The molecule has 3 saturated carbocycles. The molecule has 2 amide bonds. The normalized spacial score (nSPS) is 33.6. The second-order valence-electron chi connectivity index (χ2n) is 9.61. The van der Waals surface area contributed by atoms with E-state index in [0.717, 1.165) is 18.4 Å². The lowest BCUT2D eigenvalue weighted by Gasteiger charge is -2.33. The van der Waals surface area contributed by atoms with Gasteiger partial charge in [0.15, 0.2) is 5.75 Å². The number of rotatable bonds is 2. The highest BCUT2D eigenvalue weighted by molar-refractivity contribution is 6.05. The average Bonchev–Trinajstić information content (AvgIpc) is 3.57. The largest absolute Gasteiger partial charge is 0.502 e. The highest BCUT2D eigenvalue weighted by Crippen LogP contribution is 2.90. The molecular weight excluding hydrogens is 401 g/mol. The lowest BCUT2D eigenvalue weighted by molar-refractivity contribution is 0.0720. The van der Waals surface area contributed by atoms with Crippen molar-refractivity contribution < 1.29 is 19.1 Å². The van der Waals surface area contributed by atoms with E-state index in [2.05, 4.69) is 5.32 Å². The van der Waals surface area contributed by atoms with Crippen LogP contribution in [0.15, 0.2) is 29.1 Å². The van der Waals surface area contributed by atoms with Crippen LogP contribution < -0.4 is 10.9 Å². The highest BCUT2D eigenvalue weighted by Gasteiger charge is 2.90. The predicted octanol–water partition coefficient (Wildman–Crippen LogP) is 1.72. The van der Waals surface area contributed by atoms with Gasteiger partial charge in [-0.05, 0) is 55.2 Å². The molecule has 4 unspecified atom stereocenters. The van der Waals surface area contributed by atoms with E-state index in [1.54, 1.807) is 12.1 Å². The number of pyridine rings is 1. The summed E-state index contributed by atoms with van der Waals surface area (Å²) < 4.78 is 14.7. The molecule has 0 radical (unpaired) electrons. The number of nitrogens with one attached hydrogen (secondary N) is 1. The third-order valence-corrected chi connectivity index (χ3v) is 8.47. The molecule has 0 bridgehead atoms. The molecule has 7 rings (SSSR count). The minimum absolute atomic E-state index is 0.0360. The first kappa shape index (κ1) is 17.5. The molecule has 2 N–H and O–H groups in total. The van der Waals surface area contributed by atoms with Gasteiger partial charge in [0.1, 0.15) is 17.2 Å². The van der Waals surface area contributed by atoms with Crippen LogP contribution in [0.4, 0.5) is 4.39 Å². The van der Waals surface area contributed by atoms with Crippen LogP contribution in [-0.4, -0.2) is 32.9 Å². The molecule has 31 heavy (non-hydrogen) atoms. The van der Waals surface area contributed by atoms with E-state index in [-0.39, 0.29) is 34.9 Å². The Morgan fingerprint density at radius 2 is 1.94 bits per heavy atom. The molecule has 2 aliphatic heterocycles. The quantitative estimate of drug-likeness (QED) is 0.773. The Morgan fingerprint density at radius 3 is 2.61 bits per heavy atom. The fourth-order valence-corrected chi connectivity index (χ4v) is 6.94. The Morgan fingerprint density at radius 1 is 1.16 bits per heavy atom. The van der Waals surface area contributed by atoms with E-state index in [0.29, 0.717) is 36.8 Å². The number of halogens is 1. The molecule has 158 valence electrons. The van der Waals surface area contributed by atoms with E-state index in [9.17, 15) is 23.9 Å². The maximum absolute atomic E-state index is 13.3. The molecule has 8 heteroatoms. The summed E-state index contributed by atoms with van der Waals surface area (Å²) in [6.45, 7) is 0.587. The van der Waals surface area contributed by atoms with Gasteiger partial charge in [0, 0.05) is 24.1 Å². The maximum atomic E-state index is 13.3. The number of hydrogen-bond donors (Lipinski definition) is 2. The van der Waals surface area contributed by atoms with Crippen LogP contribution in [0.3, 0.4) is 0 Å². The van der Waals surface area contributed by atoms with Gasteiger partial charge in [0.25, 0.3) is 17.4 Å². The topological polar surface area (TPSA) is 91.6 Å². The summed E-state index contributed by atoms with van der Waals surface area (Å²) in [7, 11) is 0. The molecule has 2 aromatic rings. The van der Waals surface area contributed by atoms with Crippen molar-refractivity contribution in [2.45, 2.75) is 37.9 Å². The third-order valence-electron chi connectivity index (χ3n) is 8.47. The molecule has 3 heterocycles. The second-order valence-corrected chi connectivity index (χ2v) is 9.61. The molecular formula is C23H20FN3O4. The van der Waals surface area contributed by atoms with Crippen LogP contribution in [0.5, 0.6) is 5.75 Å². The van der Waals surface area contributed by atoms with Crippen LogP contribution in [-0.2, 0) is 18.6 Å². The standard InChI is InChI=1S/C23H20FN3O4/c24-12-3-1-11(2-4-12)10-26-8-6-13-16(20(26)30)18(28)21(31)27-17(13)19(29)25-23(27)7-5-14-15-9-22(14,15)23/h1-4,14-15,28H,5-10H2,(H,25,29). The van der Waals surface area contributed by atoms with Crippen molar-refractivity contribution in [2.75, 3.05) is 6.54 Å². The van der Waals surface area contributed by atoms with E-state index >= 15 is 0 Å². The minimum atomic E-state index is -0.743. The van der Waals surface area contributed by atoms with Crippen molar-refractivity contribution in [2.24, 2.45) is 17.3 Å². The van der Waals surface area contributed by atoms with Crippen LogP contribution in [0.2, 0.25) is 0 Å². The number of nitrogens with zero attached hydrogens (tertiary/aromatic N) is 2. The first-order chi connectivity index (χ1) is 14.9.